The zero-order valence-electron chi connectivity index (χ0n) is 2.97. The van der Waals surface area contributed by atoms with E-state index in [0.717, 1.165) is 0 Å². The van der Waals surface area contributed by atoms with Crippen LogP contribution in [0, 0.1) is 0 Å². The lowest BCUT2D eigenvalue weighted by Gasteiger charge is -1.72. The van der Waals surface area contributed by atoms with Crippen LogP contribution in [0.4, 0.5) is 0 Å². The zero-order valence-corrected chi connectivity index (χ0v) is 3.87. The fraction of sp³-hybridized carbons (Fsp3) is 1.00. The second kappa shape index (κ2) is 27.7. The predicted octanol–water partition coefficient (Wildman–Crippen LogP) is 3.14. The van der Waals surface area contributed by atoms with Gasteiger partial charge in [0.2, 0.25) is 0 Å². The average Bonchev–Trinajstić information content (AvgIpc) is 1.41. The average molecular weight is 140 g/mol. The van der Waals surface area contributed by atoms with Crippen molar-refractivity contribution < 1.29 is 9.09 Å². The first-order chi connectivity index (χ1) is 2.41. The third-order valence-corrected chi connectivity index (χ3v) is 0.545. The van der Waals surface area contributed by atoms with E-state index in [0.29, 0.717) is 6.61 Å². The van der Waals surface area contributed by atoms with Crippen molar-refractivity contribution in [2.24, 2.45) is 0 Å². The molecule has 2 nitrogen and oxygen atoms in total. The molecule has 0 unspecified atom stereocenters. The van der Waals surface area contributed by atoms with Crippen LogP contribution in [0.15, 0.2) is 0 Å². The number of hydrogen-bond acceptors (Lipinski definition) is 2. The summed E-state index contributed by atoms with van der Waals surface area (Å²) in [6, 6.07) is 0. The Hall–Kier alpha value is 0.0600. The highest BCUT2D eigenvalue weighted by Crippen LogP contribution is 1.89. The number of rotatable bonds is 2. The quantitative estimate of drug-likeness (QED) is 0.551. The Balaban J connectivity index is -0.0000000267. The van der Waals surface area contributed by atoms with Crippen LogP contribution in [0.1, 0.15) is 29.2 Å². The van der Waals surface area contributed by atoms with Gasteiger partial charge in [0.15, 0.2) is 0 Å². The van der Waals surface area contributed by atoms with Crippen LogP contribution in [0.3, 0.4) is 0 Å². The van der Waals surface area contributed by atoms with Crippen LogP contribution in [0.5, 0.6) is 0 Å². The van der Waals surface area contributed by atoms with Crippen LogP contribution in [-0.2, 0) is 9.09 Å². The van der Waals surface area contributed by atoms with E-state index < -0.39 is 0 Å². The first-order valence-corrected chi connectivity index (χ1v) is 2.09. The topological polar surface area (TPSA) is 26.3 Å². The first kappa shape index (κ1) is 24.4. The molecule has 54 valence electrons. The van der Waals surface area contributed by atoms with Crippen molar-refractivity contribution in [2.45, 2.75) is 29.2 Å². The molecule has 0 spiro atoms. The highest BCUT2D eigenvalue weighted by atomic mass is 31.1. The van der Waals surface area contributed by atoms with Crippen molar-refractivity contribution in [3.05, 3.63) is 0 Å². The predicted molar refractivity (Wildman–Crippen MR) is 39.4 cm³/mol. The molecule has 0 aromatic heterocycles. The molecule has 0 atom stereocenters. The third-order valence-electron chi connectivity index (χ3n) is 0.182. The molecule has 0 saturated heterocycles. The van der Waals surface area contributed by atoms with Gasteiger partial charge in [0.25, 0.3) is 0 Å². The van der Waals surface area contributed by atoms with Crippen molar-refractivity contribution in [2.75, 3.05) is 6.61 Å². The normalized spacial score (nSPS) is 5.62. The standard InChI is InChI=1S/C2H5O2P.3CH4/c1-2-4-5-3;;;/h2H2,1H3;3*1H4. The lowest BCUT2D eigenvalue weighted by atomic mass is 10.9. The van der Waals surface area contributed by atoms with Gasteiger partial charge >= 0.3 is 8.69 Å². The van der Waals surface area contributed by atoms with Crippen LogP contribution >= 0.6 is 8.69 Å². The second-order valence-corrected chi connectivity index (χ2v) is 0.900. The summed E-state index contributed by atoms with van der Waals surface area (Å²) in [5, 5.41) is 0. The maximum atomic E-state index is 9.28. The largest absolute Gasteiger partial charge is 0.327 e. The van der Waals surface area contributed by atoms with Crippen molar-refractivity contribution in [1.29, 1.82) is 0 Å². The van der Waals surface area contributed by atoms with Gasteiger partial charge in [0, 0.05) is 0 Å². The van der Waals surface area contributed by atoms with Gasteiger partial charge in [0.05, 0.1) is 6.61 Å². The fourth-order valence-electron chi connectivity index (χ4n) is 0.0527. The van der Waals surface area contributed by atoms with Crippen LogP contribution < -0.4 is 0 Å². The summed E-state index contributed by atoms with van der Waals surface area (Å²) in [5.74, 6) is 0. The van der Waals surface area contributed by atoms with Gasteiger partial charge in [-0.05, 0) is 6.92 Å². The summed E-state index contributed by atoms with van der Waals surface area (Å²) in [5.41, 5.74) is 0. The molecule has 0 N–H and O–H groups in total. The van der Waals surface area contributed by atoms with Gasteiger partial charge in [-0.15, -0.1) is 0 Å². The SMILES string of the molecule is C.C.C.CCOP=O. The fourth-order valence-corrected chi connectivity index (χ4v) is 0.158. The Morgan fingerprint density at radius 1 is 1.38 bits per heavy atom. The summed E-state index contributed by atoms with van der Waals surface area (Å²) in [7, 11) is -0.220. The monoisotopic (exact) mass is 140 g/mol. The summed E-state index contributed by atoms with van der Waals surface area (Å²) in [6.45, 7) is 2.30. The third kappa shape index (κ3) is 36.6. The van der Waals surface area contributed by atoms with E-state index in [4.69, 9.17) is 0 Å². The molecule has 0 aliphatic carbocycles. The highest BCUT2D eigenvalue weighted by Gasteiger charge is 1.65. The zero-order chi connectivity index (χ0) is 4.12. The minimum absolute atomic E-state index is 0. The van der Waals surface area contributed by atoms with Gasteiger partial charge in [-0.25, -0.2) is 4.57 Å². The molecule has 8 heavy (non-hydrogen) atoms. The van der Waals surface area contributed by atoms with E-state index >= 15 is 0 Å². The Morgan fingerprint density at radius 2 is 1.75 bits per heavy atom. The molecule has 0 aliphatic rings. The van der Waals surface area contributed by atoms with Crippen molar-refractivity contribution >= 4 is 8.69 Å². The van der Waals surface area contributed by atoms with Crippen molar-refractivity contribution in [3.8, 4) is 0 Å². The molecule has 0 bridgehead atoms. The lowest BCUT2D eigenvalue weighted by Crippen LogP contribution is -1.65. The second-order valence-electron chi connectivity index (χ2n) is 0.492. The van der Waals surface area contributed by atoms with Crippen LogP contribution in [0.25, 0.3) is 0 Å². The first-order valence-electron chi connectivity index (χ1n) is 1.36. The summed E-state index contributed by atoms with van der Waals surface area (Å²) < 4.78 is 13.5. The minimum atomic E-state index is -0.220. The van der Waals surface area contributed by atoms with Gasteiger partial charge in [-0.2, -0.15) is 0 Å². The summed E-state index contributed by atoms with van der Waals surface area (Å²) in [6.07, 6.45) is 0. The van der Waals surface area contributed by atoms with Gasteiger partial charge in [-0.1, -0.05) is 22.3 Å². The Morgan fingerprint density at radius 3 is 1.75 bits per heavy atom. The van der Waals surface area contributed by atoms with E-state index in [9.17, 15) is 4.57 Å². The Bertz CT molecular complexity index is 31.6. The molecule has 0 saturated carbocycles. The summed E-state index contributed by atoms with van der Waals surface area (Å²) in [4.78, 5) is 0. The Kier molecular flexibility index (Phi) is 84.4. The molecule has 3 heteroatoms. The Labute approximate surface area is 54.5 Å². The van der Waals surface area contributed by atoms with Crippen LogP contribution in [0.2, 0.25) is 0 Å². The molecule has 0 aliphatic heterocycles. The van der Waals surface area contributed by atoms with Gasteiger partial charge < -0.3 is 0 Å². The maximum absolute atomic E-state index is 9.28. The molecule has 0 aromatic carbocycles. The maximum Gasteiger partial charge on any atom is 0.327 e. The molecule has 0 aromatic rings. The molecule has 0 radical (unpaired) electrons. The molecule has 0 rings (SSSR count). The molecule has 0 fully saturated rings. The highest BCUT2D eigenvalue weighted by molar-refractivity contribution is 7.17. The molecular formula is C5H17O2P. The van der Waals surface area contributed by atoms with E-state index in [2.05, 4.69) is 4.52 Å². The van der Waals surface area contributed by atoms with E-state index in [-0.39, 0.29) is 31.0 Å². The van der Waals surface area contributed by atoms with E-state index in [1.165, 1.54) is 0 Å². The van der Waals surface area contributed by atoms with Crippen molar-refractivity contribution in [3.63, 3.8) is 0 Å². The molecular weight excluding hydrogens is 123 g/mol. The smallest absolute Gasteiger partial charge is 0.295 e. The van der Waals surface area contributed by atoms with Gasteiger partial charge in [-0.3, -0.25) is 4.52 Å². The summed E-state index contributed by atoms with van der Waals surface area (Å²) >= 11 is 0. The van der Waals surface area contributed by atoms with Gasteiger partial charge in [0.1, 0.15) is 0 Å². The van der Waals surface area contributed by atoms with Crippen LogP contribution in [-0.4, -0.2) is 6.61 Å². The van der Waals surface area contributed by atoms with Crippen molar-refractivity contribution in [1.82, 2.24) is 0 Å². The van der Waals surface area contributed by atoms with E-state index in [1.54, 1.807) is 6.92 Å². The minimum Gasteiger partial charge on any atom is -0.295 e. The molecule has 0 heterocycles. The van der Waals surface area contributed by atoms with E-state index in [1.807, 2.05) is 0 Å². The molecule has 0 amide bonds. The number of hydrogen-bond donors (Lipinski definition) is 0. The lowest BCUT2D eigenvalue weighted by molar-refractivity contribution is 0.365.